The lowest BCUT2D eigenvalue weighted by Gasteiger charge is -2.31. The van der Waals surface area contributed by atoms with Gasteiger partial charge in [-0.3, -0.25) is 0 Å². The number of benzene rings is 2. The minimum Gasteiger partial charge on any atom is -0.434 e. The Hall–Kier alpha value is -3.53. The van der Waals surface area contributed by atoms with Gasteiger partial charge in [0.15, 0.2) is 12.0 Å². The van der Waals surface area contributed by atoms with E-state index in [0.717, 1.165) is 5.56 Å². The van der Waals surface area contributed by atoms with Crippen LogP contribution >= 0.6 is 0 Å². The third-order valence-electron chi connectivity index (χ3n) is 6.28. The van der Waals surface area contributed by atoms with E-state index in [1.165, 1.54) is 18.5 Å². The molecule has 2 aromatic heterocycles. The molecule has 0 aliphatic carbocycles. The second-order valence-corrected chi connectivity index (χ2v) is 8.43. The van der Waals surface area contributed by atoms with Crippen molar-refractivity contribution in [1.29, 1.82) is 0 Å². The van der Waals surface area contributed by atoms with Crippen LogP contribution in [0.25, 0.3) is 22.2 Å². The zero-order chi connectivity index (χ0) is 23.4. The molecule has 0 bridgehead atoms. The summed E-state index contributed by atoms with van der Waals surface area (Å²) in [6.45, 7) is -3.13. The first-order valence-corrected chi connectivity index (χ1v) is 10.7. The van der Waals surface area contributed by atoms with Crippen molar-refractivity contribution in [2.45, 2.75) is 30.9 Å². The molecule has 2 aromatic carbocycles. The SMILES string of the molecule is FC(F)Oc1ccccc1[C@H]1C[C@H](F)c2nc3ccc(-c4cnc(C5(F)COC5)nc4)cc3n21. The molecule has 0 N–H and O–H groups in total. The average molecular weight is 470 g/mol. The van der Waals surface area contributed by atoms with Crippen LogP contribution in [0.4, 0.5) is 17.6 Å². The highest BCUT2D eigenvalue weighted by Gasteiger charge is 2.43. The summed E-state index contributed by atoms with van der Waals surface area (Å²) < 4.78 is 66.7. The van der Waals surface area contributed by atoms with Gasteiger partial charge >= 0.3 is 6.61 Å². The number of halogens is 4. The van der Waals surface area contributed by atoms with Crippen molar-refractivity contribution in [3.05, 3.63) is 72.1 Å². The molecule has 0 spiro atoms. The van der Waals surface area contributed by atoms with E-state index in [4.69, 9.17) is 9.47 Å². The largest absolute Gasteiger partial charge is 0.434 e. The van der Waals surface area contributed by atoms with E-state index in [2.05, 4.69) is 15.0 Å². The Morgan fingerprint density at radius 3 is 2.53 bits per heavy atom. The molecule has 2 aliphatic rings. The van der Waals surface area contributed by atoms with Crippen LogP contribution in [-0.2, 0) is 10.4 Å². The molecule has 4 aromatic rings. The summed E-state index contributed by atoms with van der Waals surface area (Å²) in [5, 5.41) is 0. The predicted octanol–water partition coefficient (Wildman–Crippen LogP) is 5.29. The number of alkyl halides is 4. The van der Waals surface area contributed by atoms with Crippen LogP contribution in [0.2, 0.25) is 0 Å². The highest BCUT2D eigenvalue weighted by molar-refractivity contribution is 5.83. The lowest BCUT2D eigenvalue weighted by Crippen LogP contribution is -2.43. The van der Waals surface area contributed by atoms with Crippen molar-refractivity contribution in [3.63, 3.8) is 0 Å². The summed E-state index contributed by atoms with van der Waals surface area (Å²) in [7, 11) is 0. The Kier molecular flexibility index (Phi) is 4.80. The van der Waals surface area contributed by atoms with E-state index >= 15 is 0 Å². The lowest BCUT2D eigenvalue weighted by molar-refractivity contribution is -0.140. The Bertz CT molecular complexity index is 1370. The summed E-state index contributed by atoms with van der Waals surface area (Å²) in [6, 6.07) is 11.2. The number of hydrogen-bond acceptors (Lipinski definition) is 5. The Morgan fingerprint density at radius 2 is 1.82 bits per heavy atom. The quantitative estimate of drug-likeness (QED) is 0.371. The summed E-state index contributed by atoms with van der Waals surface area (Å²) in [6.07, 6.45) is 1.77. The molecule has 2 aliphatic heterocycles. The highest BCUT2D eigenvalue weighted by Crippen LogP contribution is 2.46. The molecule has 1 saturated heterocycles. The molecule has 2 atom stereocenters. The standard InChI is InChI=1S/C24H18F4N4O2/c25-16-8-18(15-3-1-2-4-20(15)34-23(26)27)32-19-7-13(5-6-17(19)31-21(16)32)14-9-29-22(30-10-14)24(28)11-33-12-24/h1-7,9-10,16,18,23H,8,11-12H2/t16-,18+/m0/s1. The van der Waals surface area contributed by atoms with Gasteiger partial charge in [-0.1, -0.05) is 24.3 Å². The molecule has 0 unspecified atom stereocenters. The average Bonchev–Trinajstić information content (AvgIpc) is 3.35. The fourth-order valence-corrected chi connectivity index (χ4v) is 4.59. The van der Waals surface area contributed by atoms with E-state index in [1.54, 1.807) is 34.9 Å². The van der Waals surface area contributed by atoms with Gasteiger partial charge in [-0.05, 0) is 23.8 Å². The summed E-state index contributed by atoms with van der Waals surface area (Å²) >= 11 is 0. The topological polar surface area (TPSA) is 62.1 Å². The molecule has 0 amide bonds. The molecule has 6 nitrogen and oxygen atoms in total. The Labute approximate surface area is 191 Å². The molecular formula is C24H18F4N4O2. The van der Waals surface area contributed by atoms with Crippen molar-refractivity contribution in [2.24, 2.45) is 0 Å². The van der Waals surface area contributed by atoms with Gasteiger partial charge in [0.2, 0.25) is 5.67 Å². The summed E-state index contributed by atoms with van der Waals surface area (Å²) in [5.74, 6) is 0.314. The fourth-order valence-electron chi connectivity index (χ4n) is 4.59. The highest BCUT2D eigenvalue weighted by atomic mass is 19.3. The van der Waals surface area contributed by atoms with E-state index in [1.807, 2.05) is 6.07 Å². The molecule has 10 heteroatoms. The van der Waals surface area contributed by atoms with Gasteiger partial charge in [0.25, 0.3) is 0 Å². The van der Waals surface area contributed by atoms with E-state index in [0.29, 0.717) is 22.2 Å². The molecule has 0 radical (unpaired) electrons. The van der Waals surface area contributed by atoms with Gasteiger partial charge in [-0.2, -0.15) is 8.78 Å². The molecular weight excluding hydrogens is 452 g/mol. The molecule has 34 heavy (non-hydrogen) atoms. The first kappa shape index (κ1) is 21.0. The van der Waals surface area contributed by atoms with Crippen LogP contribution in [0.5, 0.6) is 5.75 Å². The monoisotopic (exact) mass is 470 g/mol. The van der Waals surface area contributed by atoms with Crippen LogP contribution in [0, 0.1) is 0 Å². The Balaban J connectivity index is 1.42. The van der Waals surface area contributed by atoms with Crippen LogP contribution in [0.15, 0.2) is 54.9 Å². The third-order valence-corrected chi connectivity index (χ3v) is 6.28. The molecule has 0 saturated carbocycles. The molecule has 174 valence electrons. The second-order valence-electron chi connectivity index (χ2n) is 8.43. The number of fused-ring (bicyclic) bond motifs is 3. The van der Waals surface area contributed by atoms with E-state index in [-0.39, 0.29) is 37.0 Å². The maximum absolute atomic E-state index is 15.0. The first-order chi connectivity index (χ1) is 16.4. The maximum atomic E-state index is 15.0. The smallest absolute Gasteiger partial charge is 0.387 e. The number of ether oxygens (including phenoxy) is 2. The van der Waals surface area contributed by atoms with E-state index < -0.39 is 24.5 Å². The second kappa shape index (κ2) is 7.76. The van der Waals surface area contributed by atoms with Crippen molar-refractivity contribution >= 4 is 11.0 Å². The van der Waals surface area contributed by atoms with Crippen molar-refractivity contribution < 1.29 is 27.0 Å². The number of aromatic nitrogens is 4. The molecule has 6 rings (SSSR count). The van der Waals surface area contributed by atoms with Crippen molar-refractivity contribution in [2.75, 3.05) is 13.2 Å². The summed E-state index contributed by atoms with van der Waals surface area (Å²) in [4.78, 5) is 12.8. The van der Waals surface area contributed by atoms with Gasteiger partial charge in [-0.25, -0.2) is 23.7 Å². The van der Waals surface area contributed by atoms with Crippen LogP contribution in [0.1, 0.15) is 35.8 Å². The minimum absolute atomic E-state index is 0.00432. The summed E-state index contributed by atoms with van der Waals surface area (Å²) in [5.41, 5.74) is 1.40. The van der Waals surface area contributed by atoms with Crippen LogP contribution in [-0.4, -0.2) is 39.3 Å². The maximum Gasteiger partial charge on any atom is 0.387 e. The predicted molar refractivity (Wildman–Crippen MR) is 114 cm³/mol. The third kappa shape index (κ3) is 3.32. The van der Waals surface area contributed by atoms with Gasteiger partial charge in [-0.15, -0.1) is 0 Å². The van der Waals surface area contributed by atoms with Gasteiger partial charge in [0, 0.05) is 29.9 Å². The molecule has 4 heterocycles. The number of imidazole rings is 1. The number of rotatable bonds is 5. The Morgan fingerprint density at radius 1 is 1.06 bits per heavy atom. The van der Waals surface area contributed by atoms with E-state index in [9.17, 15) is 17.6 Å². The number of nitrogens with zero attached hydrogens (tertiary/aromatic N) is 4. The zero-order valence-corrected chi connectivity index (χ0v) is 17.7. The van der Waals surface area contributed by atoms with Crippen molar-refractivity contribution in [1.82, 2.24) is 19.5 Å². The van der Waals surface area contributed by atoms with Crippen LogP contribution < -0.4 is 4.74 Å². The number of hydrogen-bond donors (Lipinski definition) is 0. The van der Waals surface area contributed by atoms with Crippen LogP contribution in [0.3, 0.4) is 0 Å². The van der Waals surface area contributed by atoms with Gasteiger partial charge in [0.1, 0.15) is 11.6 Å². The lowest BCUT2D eigenvalue weighted by atomic mass is 10.0. The number of para-hydroxylation sites is 1. The van der Waals surface area contributed by atoms with Crippen molar-refractivity contribution in [3.8, 4) is 16.9 Å². The molecule has 1 fully saturated rings. The van der Waals surface area contributed by atoms with Gasteiger partial charge in [0.05, 0.1) is 30.3 Å². The first-order valence-electron chi connectivity index (χ1n) is 10.7. The normalized spacial score (nSPS) is 21.0. The minimum atomic E-state index is -2.99. The zero-order valence-electron chi connectivity index (χ0n) is 17.7. The fraction of sp³-hybridized carbons (Fsp3) is 0.292. The van der Waals surface area contributed by atoms with Gasteiger partial charge < -0.3 is 14.0 Å².